The van der Waals surface area contributed by atoms with Crippen LogP contribution in [0.2, 0.25) is 0 Å². The van der Waals surface area contributed by atoms with Crippen molar-refractivity contribution in [1.82, 2.24) is 15.2 Å². The molecule has 21 heavy (non-hydrogen) atoms. The Morgan fingerprint density at radius 3 is 2.90 bits per heavy atom. The molecule has 2 heterocycles. The van der Waals surface area contributed by atoms with Gasteiger partial charge in [0.15, 0.2) is 0 Å². The molecule has 1 unspecified atom stereocenters. The predicted octanol–water partition coefficient (Wildman–Crippen LogP) is 3.20. The van der Waals surface area contributed by atoms with Crippen molar-refractivity contribution in [3.63, 3.8) is 0 Å². The van der Waals surface area contributed by atoms with Crippen molar-refractivity contribution in [3.05, 3.63) is 42.1 Å². The Kier molecular flexibility index (Phi) is 4.84. The van der Waals surface area contributed by atoms with E-state index in [1.165, 1.54) is 36.9 Å². The minimum absolute atomic E-state index is 0.652. The maximum Gasteiger partial charge on any atom is 0.0705 e. The zero-order chi connectivity index (χ0) is 14.5. The average Bonchev–Trinajstić information content (AvgIpc) is 2.55. The summed E-state index contributed by atoms with van der Waals surface area (Å²) in [4.78, 5) is 7.29. The third-order valence-electron chi connectivity index (χ3n) is 4.38. The summed E-state index contributed by atoms with van der Waals surface area (Å²) in [5.74, 6) is 0. The van der Waals surface area contributed by atoms with Crippen molar-refractivity contribution < 1.29 is 0 Å². The molecule has 1 aliphatic rings. The largest absolute Gasteiger partial charge is 0.313 e. The van der Waals surface area contributed by atoms with Crippen LogP contribution in [0.4, 0.5) is 0 Å². The van der Waals surface area contributed by atoms with Gasteiger partial charge in [0.25, 0.3) is 0 Å². The van der Waals surface area contributed by atoms with Gasteiger partial charge in [0.2, 0.25) is 0 Å². The van der Waals surface area contributed by atoms with E-state index >= 15 is 0 Å². The summed E-state index contributed by atoms with van der Waals surface area (Å²) < 4.78 is 0. The number of aromatic nitrogens is 1. The summed E-state index contributed by atoms with van der Waals surface area (Å²) in [6, 6.07) is 13.3. The highest BCUT2D eigenvalue weighted by Gasteiger charge is 2.16. The Labute approximate surface area is 127 Å². The first kappa shape index (κ1) is 14.5. The van der Waals surface area contributed by atoms with Gasteiger partial charge in [-0.1, -0.05) is 37.6 Å². The molecule has 2 aromatic rings. The number of piperidine rings is 1. The number of nitrogens with zero attached hydrogens (tertiary/aromatic N) is 2. The predicted molar refractivity (Wildman–Crippen MR) is 88.3 cm³/mol. The molecule has 1 fully saturated rings. The van der Waals surface area contributed by atoms with Crippen LogP contribution in [0, 0.1) is 0 Å². The van der Waals surface area contributed by atoms with Gasteiger partial charge in [0.05, 0.1) is 11.2 Å². The topological polar surface area (TPSA) is 28.2 Å². The Hall–Kier alpha value is -1.45. The molecule has 0 spiro atoms. The maximum atomic E-state index is 4.79. The Balaban J connectivity index is 1.66. The molecule has 3 rings (SSSR count). The van der Waals surface area contributed by atoms with Crippen molar-refractivity contribution in [2.75, 3.05) is 19.6 Å². The number of hydrogen-bond donors (Lipinski definition) is 1. The van der Waals surface area contributed by atoms with Crippen LogP contribution in [-0.2, 0) is 6.54 Å². The lowest BCUT2D eigenvalue weighted by Gasteiger charge is -2.29. The Morgan fingerprint density at radius 2 is 2.10 bits per heavy atom. The third-order valence-corrected chi connectivity index (χ3v) is 4.38. The fourth-order valence-corrected chi connectivity index (χ4v) is 3.12. The molecule has 1 saturated heterocycles. The summed E-state index contributed by atoms with van der Waals surface area (Å²) in [5.41, 5.74) is 2.27. The minimum atomic E-state index is 0.652. The van der Waals surface area contributed by atoms with Gasteiger partial charge >= 0.3 is 0 Å². The van der Waals surface area contributed by atoms with Gasteiger partial charge in [-0.25, -0.2) is 0 Å². The summed E-state index contributed by atoms with van der Waals surface area (Å²) in [5, 5.41) is 4.86. The molecule has 112 valence electrons. The van der Waals surface area contributed by atoms with Crippen LogP contribution >= 0.6 is 0 Å². The number of rotatable bonds is 5. The van der Waals surface area contributed by atoms with E-state index in [4.69, 9.17) is 4.98 Å². The van der Waals surface area contributed by atoms with E-state index in [2.05, 4.69) is 53.5 Å². The summed E-state index contributed by atoms with van der Waals surface area (Å²) in [6.07, 6.45) is 4.00. The van der Waals surface area contributed by atoms with Crippen LogP contribution in [0.5, 0.6) is 0 Å². The molecule has 1 N–H and O–H groups in total. The lowest BCUT2D eigenvalue weighted by atomic mass is 10.0. The monoisotopic (exact) mass is 283 g/mol. The number of fused-ring (bicyclic) bond motifs is 1. The smallest absolute Gasteiger partial charge is 0.0705 e. The Morgan fingerprint density at radius 1 is 1.19 bits per heavy atom. The van der Waals surface area contributed by atoms with E-state index in [1.807, 2.05) is 0 Å². The number of nitrogens with one attached hydrogen (secondary N) is 1. The zero-order valence-electron chi connectivity index (χ0n) is 12.9. The van der Waals surface area contributed by atoms with Crippen molar-refractivity contribution in [1.29, 1.82) is 0 Å². The third kappa shape index (κ3) is 3.80. The van der Waals surface area contributed by atoms with Gasteiger partial charge in [0, 0.05) is 24.5 Å². The molecular formula is C18H25N3. The van der Waals surface area contributed by atoms with Crippen molar-refractivity contribution in [2.45, 2.75) is 38.8 Å². The molecule has 0 amide bonds. The second-order valence-corrected chi connectivity index (χ2v) is 5.97. The van der Waals surface area contributed by atoms with Crippen LogP contribution in [-0.4, -0.2) is 35.6 Å². The van der Waals surface area contributed by atoms with Crippen LogP contribution in [0.25, 0.3) is 10.9 Å². The first-order chi connectivity index (χ1) is 10.3. The highest BCUT2D eigenvalue weighted by atomic mass is 15.2. The van der Waals surface area contributed by atoms with Crippen LogP contribution < -0.4 is 5.32 Å². The van der Waals surface area contributed by atoms with Crippen LogP contribution in [0.15, 0.2) is 36.4 Å². The average molecular weight is 283 g/mol. The van der Waals surface area contributed by atoms with Gasteiger partial charge in [-0.3, -0.25) is 9.88 Å². The van der Waals surface area contributed by atoms with E-state index in [-0.39, 0.29) is 0 Å². The number of pyridine rings is 1. The van der Waals surface area contributed by atoms with Crippen molar-refractivity contribution in [3.8, 4) is 0 Å². The summed E-state index contributed by atoms with van der Waals surface area (Å²) >= 11 is 0. The zero-order valence-corrected chi connectivity index (χ0v) is 12.9. The maximum absolute atomic E-state index is 4.79. The van der Waals surface area contributed by atoms with Gasteiger partial charge in [-0.15, -0.1) is 0 Å². The van der Waals surface area contributed by atoms with E-state index in [1.54, 1.807) is 0 Å². The highest BCUT2D eigenvalue weighted by Crippen LogP contribution is 2.14. The molecule has 1 aliphatic heterocycles. The van der Waals surface area contributed by atoms with Crippen LogP contribution in [0.3, 0.4) is 0 Å². The minimum Gasteiger partial charge on any atom is -0.313 e. The van der Waals surface area contributed by atoms with Crippen LogP contribution in [0.1, 0.15) is 31.9 Å². The lowest BCUT2D eigenvalue weighted by Crippen LogP contribution is -2.43. The van der Waals surface area contributed by atoms with E-state index in [0.717, 1.165) is 25.2 Å². The van der Waals surface area contributed by atoms with Crippen molar-refractivity contribution >= 4 is 10.9 Å². The SMILES string of the molecule is CCN(Cc1ccc2ccccc2n1)CC1CCCCN1. The summed E-state index contributed by atoms with van der Waals surface area (Å²) in [7, 11) is 0. The second kappa shape index (κ2) is 7.01. The first-order valence-electron chi connectivity index (χ1n) is 8.15. The molecule has 0 bridgehead atoms. The molecule has 0 aliphatic carbocycles. The molecule has 0 saturated carbocycles. The second-order valence-electron chi connectivity index (χ2n) is 5.97. The molecule has 1 aromatic heterocycles. The van der Waals surface area contributed by atoms with E-state index in [0.29, 0.717) is 6.04 Å². The van der Waals surface area contributed by atoms with E-state index < -0.39 is 0 Å². The number of para-hydroxylation sites is 1. The molecular weight excluding hydrogens is 258 g/mol. The number of hydrogen-bond acceptors (Lipinski definition) is 3. The first-order valence-corrected chi connectivity index (χ1v) is 8.15. The Bertz CT molecular complexity index is 575. The molecule has 3 heteroatoms. The normalized spacial score (nSPS) is 19.2. The van der Waals surface area contributed by atoms with Gasteiger partial charge in [-0.2, -0.15) is 0 Å². The number of benzene rings is 1. The molecule has 1 aromatic carbocycles. The standard InChI is InChI=1S/C18H25N3/c1-2-21(13-16-8-5-6-12-19-16)14-17-11-10-15-7-3-4-9-18(15)20-17/h3-4,7,9-11,16,19H,2,5-6,8,12-14H2,1H3. The van der Waals surface area contributed by atoms with Gasteiger partial charge in [0.1, 0.15) is 0 Å². The van der Waals surface area contributed by atoms with Crippen molar-refractivity contribution in [2.24, 2.45) is 0 Å². The van der Waals surface area contributed by atoms with Gasteiger partial charge in [-0.05, 0) is 38.1 Å². The molecule has 3 nitrogen and oxygen atoms in total. The quantitative estimate of drug-likeness (QED) is 0.913. The van der Waals surface area contributed by atoms with E-state index in [9.17, 15) is 0 Å². The fraction of sp³-hybridized carbons (Fsp3) is 0.500. The molecule has 1 atom stereocenters. The van der Waals surface area contributed by atoms with Gasteiger partial charge < -0.3 is 5.32 Å². The summed E-state index contributed by atoms with van der Waals surface area (Å²) in [6.45, 7) is 6.57. The number of likely N-dealkylation sites (N-methyl/N-ethyl adjacent to an activating group) is 1. The fourth-order valence-electron chi connectivity index (χ4n) is 3.12. The molecule has 0 radical (unpaired) electrons. The highest BCUT2D eigenvalue weighted by molar-refractivity contribution is 5.78. The lowest BCUT2D eigenvalue weighted by molar-refractivity contribution is 0.224.